The maximum atomic E-state index is 11.1. The first kappa shape index (κ1) is 11.5. The fourth-order valence-electron chi connectivity index (χ4n) is 1.50. The highest BCUT2D eigenvalue weighted by Gasteiger charge is 2.24. The zero-order valence-electron chi connectivity index (χ0n) is 8.20. The zero-order valence-corrected chi connectivity index (χ0v) is 10.4. The van der Waals surface area contributed by atoms with Gasteiger partial charge in [-0.25, -0.2) is 0 Å². The molecule has 0 amide bonds. The predicted octanol–water partition coefficient (Wildman–Crippen LogP) is 3.12. The third-order valence-corrected chi connectivity index (χ3v) is 3.16. The van der Waals surface area contributed by atoms with Crippen LogP contribution < -0.4 is 0 Å². The minimum Gasteiger partial charge on any atom is -0.481 e. The molecule has 0 saturated carbocycles. The molecule has 1 aromatic carbocycles. The number of carbonyl (C=O) groups is 1. The molecule has 0 aliphatic rings. The average Bonchev–Trinajstić information content (AvgIpc) is 2.07. The molecule has 3 heteroatoms. The fourth-order valence-corrected chi connectivity index (χ4v) is 2.23. The van der Waals surface area contributed by atoms with Gasteiger partial charge >= 0.3 is 5.97 Å². The zero-order chi connectivity index (χ0) is 10.7. The van der Waals surface area contributed by atoms with Gasteiger partial charge in [0.1, 0.15) is 0 Å². The van der Waals surface area contributed by atoms with Crippen LogP contribution in [-0.2, 0) is 4.79 Å². The minimum absolute atomic E-state index is 0.114. The second-order valence-electron chi connectivity index (χ2n) is 3.58. The third-order valence-electron chi connectivity index (χ3n) is 2.17. The molecule has 0 aliphatic carbocycles. The highest BCUT2D eigenvalue weighted by atomic mass is 127. The summed E-state index contributed by atoms with van der Waals surface area (Å²) in [6.07, 6.45) is 0. The van der Waals surface area contributed by atoms with Gasteiger partial charge in [-0.05, 0) is 40.1 Å². The first-order valence-electron chi connectivity index (χ1n) is 4.51. The molecule has 0 spiro atoms. The Labute approximate surface area is 97.5 Å². The molecule has 1 N–H and O–H groups in total. The van der Waals surface area contributed by atoms with Crippen molar-refractivity contribution in [2.24, 2.45) is 5.92 Å². The van der Waals surface area contributed by atoms with Crippen LogP contribution in [0.4, 0.5) is 0 Å². The van der Waals surface area contributed by atoms with E-state index in [9.17, 15) is 4.79 Å². The fraction of sp³-hybridized carbons (Fsp3) is 0.364. The smallest absolute Gasteiger partial charge is 0.311 e. The van der Waals surface area contributed by atoms with Crippen LogP contribution >= 0.6 is 22.6 Å². The number of hydrogen-bond acceptors (Lipinski definition) is 1. The van der Waals surface area contributed by atoms with Gasteiger partial charge in [-0.15, -0.1) is 0 Å². The van der Waals surface area contributed by atoms with Crippen molar-refractivity contribution in [3.05, 3.63) is 33.4 Å². The van der Waals surface area contributed by atoms with Crippen molar-refractivity contribution in [3.63, 3.8) is 0 Å². The Bertz CT molecular complexity index is 334. The molecule has 0 saturated heterocycles. The SMILES string of the molecule is CC(C)C(C(=O)O)c1ccccc1I. The highest BCUT2D eigenvalue weighted by Crippen LogP contribution is 2.28. The Morgan fingerprint density at radius 3 is 2.36 bits per heavy atom. The third kappa shape index (κ3) is 2.47. The predicted molar refractivity (Wildman–Crippen MR) is 64.4 cm³/mol. The molecule has 0 fully saturated rings. The van der Waals surface area contributed by atoms with Crippen molar-refractivity contribution >= 4 is 28.6 Å². The maximum absolute atomic E-state index is 11.1. The van der Waals surface area contributed by atoms with Crippen molar-refractivity contribution in [2.75, 3.05) is 0 Å². The normalized spacial score (nSPS) is 12.9. The summed E-state index contributed by atoms with van der Waals surface area (Å²) in [5.74, 6) is -1.03. The summed E-state index contributed by atoms with van der Waals surface area (Å²) in [5, 5.41) is 9.12. The van der Waals surface area contributed by atoms with Crippen molar-refractivity contribution < 1.29 is 9.90 Å². The minimum atomic E-state index is -0.746. The molecule has 0 aromatic heterocycles. The van der Waals surface area contributed by atoms with Crippen LogP contribution in [0.15, 0.2) is 24.3 Å². The monoisotopic (exact) mass is 304 g/mol. The summed E-state index contributed by atoms with van der Waals surface area (Å²) in [6.45, 7) is 3.86. The Kier molecular flexibility index (Phi) is 3.92. The van der Waals surface area contributed by atoms with Gasteiger partial charge in [0, 0.05) is 3.57 Å². The van der Waals surface area contributed by atoms with Gasteiger partial charge in [-0.3, -0.25) is 4.79 Å². The Morgan fingerprint density at radius 2 is 1.93 bits per heavy atom. The molecule has 2 nitrogen and oxygen atoms in total. The second kappa shape index (κ2) is 4.77. The van der Waals surface area contributed by atoms with Crippen LogP contribution in [-0.4, -0.2) is 11.1 Å². The number of halogens is 1. The standard InChI is InChI=1S/C11H13IO2/c1-7(2)10(11(13)14)8-5-3-4-6-9(8)12/h3-7,10H,1-2H3,(H,13,14). The van der Waals surface area contributed by atoms with E-state index in [-0.39, 0.29) is 5.92 Å². The quantitative estimate of drug-likeness (QED) is 0.871. The van der Waals surface area contributed by atoms with Crippen molar-refractivity contribution in [3.8, 4) is 0 Å². The lowest BCUT2D eigenvalue weighted by atomic mass is 9.89. The molecule has 0 aliphatic heterocycles. The Balaban J connectivity index is 3.12. The molecular weight excluding hydrogens is 291 g/mol. The number of hydrogen-bond donors (Lipinski definition) is 1. The number of aliphatic carboxylic acids is 1. The largest absolute Gasteiger partial charge is 0.481 e. The summed E-state index contributed by atoms with van der Waals surface area (Å²) < 4.78 is 1.02. The summed E-state index contributed by atoms with van der Waals surface area (Å²) in [4.78, 5) is 11.1. The van der Waals surface area contributed by atoms with Gasteiger partial charge in [-0.1, -0.05) is 32.0 Å². The van der Waals surface area contributed by atoms with Gasteiger partial charge in [0.05, 0.1) is 5.92 Å². The van der Waals surface area contributed by atoms with Crippen molar-refractivity contribution in [1.29, 1.82) is 0 Å². The van der Waals surface area contributed by atoms with Crippen molar-refractivity contribution in [1.82, 2.24) is 0 Å². The number of benzene rings is 1. The number of carboxylic acids is 1. The lowest BCUT2D eigenvalue weighted by Crippen LogP contribution is -2.18. The Morgan fingerprint density at radius 1 is 1.36 bits per heavy atom. The van der Waals surface area contributed by atoms with E-state index in [0.29, 0.717) is 0 Å². The maximum Gasteiger partial charge on any atom is 0.311 e. The summed E-state index contributed by atoms with van der Waals surface area (Å²) in [6, 6.07) is 7.63. The molecule has 76 valence electrons. The van der Waals surface area contributed by atoms with Crippen LogP contribution in [0.25, 0.3) is 0 Å². The molecule has 0 heterocycles. The van der Waals surface area contributed by atoms with E-state index in [1.54, 1.807) is 0 Å². The summed E-state index contributed by atoms with van der Waals surface area (Å²) in [7, 11) is 0. The van der Waals surface area contributed by atoms with E-state index in [1.807, 2.05) is 38.1 Å². The van der Waals surface area contributed by atoms with E-state index in [0.717, 1.165) is 9.13 Å². The molecule has 0 radical (unpaired) electrons. The van der Waals surface area contributed by atoms with E-state index >= 15 is 0 Å². The van der Waals surface area contributed by atoms with E-state index in [1.165, 1.54) is 0 Å². The van der Waals surface area contributed by atoms with Crippen LogP contribution in [0.1, 0.15) is 25.3 Å². The highest BCUT2D eigenvalue weighted by molar-refractivity contribution is 14.1. The number of carboxylic acid groups (broad SMARTS) is 1. The molecule has 1 aromatic rings. The summed E-state index contributed by atoms with van der Waals surface area (Å²) in [5.41, 5.74) is 0.913. The van der Waals surface area contributed by atoms with Crippen LogP contribution in [0, 0.1) is 9.49 Å². The molecule has 0 bridgehead atoms. The topological polar surface area (TPSA) is 37.3 Å². The number of rotatable bonds is 3. The van der Waals surface area contributed by atoms with Crippen LogP contribution in [0.3, 0.4) is 0 Å². The molecular formula is C11H13IO2. The van der Waals surface area contributed by atoms with Gasteiger partial charge in [0.2, 0.25) is 0 Å². The summed E-state index contributed by atoms with van der Waals surface area (Å²) >= 11 is 2.18. The molecule has 1 unspecified atom stereocenters. The van der Waals surface area contributed by atoms with Crippen molar-refractivity contribution in [2.45, 2.75) is 19.8 Å². The molecule has 1 atom stereocenters. The van der Waals surface area contributed by atoms with Gasteiger partial charge in [-0.2, -0.15) is 0 Å². The lowest BCUT2D eigenvalue weighted by molar-refractivity contribution is -0.139. The van der Waals surface area contributed by atoms with E-state index in [2.05, 4.69) is 22.6 Å². The molecule has 1 rings (SSSR count). The van der Waals surface area contributed by atoms with Crippen LogP contribution in [0.2, 0.25) is 0 Å². The van der Waals surface area contributed by atoms with Crippen LogP contribution in [0.5, 0.6) is 0 Å². The average molecular weight is 304 g/mol. The van der Waals surface area contributed by atoms with Gasteiger partial charge < -0.3 is 5.11 Å². The van der Waals surface area contributed by atoms with E-state index in [4.69, 9.17) is 5.11 Å². The first-order valence-corrected chi connectivity index (χ1v) is 5.59. The van der Waals surface area contributed by atoms with Gasteiger partial charge in [0.15, 0.2) is 0 Å². The second-order valence-corrected chi connectivity index (χ2v) is 4.74. The lowest BCUT2D eigenvalue weighted by Gasteiger charge is -2.17. The Hall–Kier alpha value is -0.580. The first-order chi connectivity index (χ1) is 6.54. The van der Waals surface area contributed by atoms with Gasteiger partial charge in [0.25, 0.3) is 0 Å². The molecule has 14 heavy (non-hydrogen) atoms. The van der Waals surface area contributed by atoms with E-state index < -0.39 is 11.9 Å².